The van der Waals surface area contributed by atoms with Crippen LogP contribution in [-0.2, 0) is 16.4 Å². The molecule has 3 aromatic rings. The fourth-order valence-corrected chi connectivity index (χ4v) is 4.89. The molecular weight excluding hydrogens is 358 g/mol. The highest BCUT2D eigenvalue weighted by Crippen LogP contribution is 2.31. The van der Waals surface area contributed by atoms with Gasteiger partial charge in [-0.25, -0.2) is 13.5 Å². The van der Waals surface area contributed by atoms with Gasteiger partial charge in [0, 0.05) is 6.07 Å². The highest BCUT2D eigenvalue weighted by atomic mass is 32.2. The average molecular weight is 375 g/mol. The number of thiophene rings is 1. The van der Waals surface area contributed by atoms with Crippen molar-refractivity contribution in [1.82, 2.24) is 10.2 Å². The van der Waals surface area contributed by atoms with Gasteiger partial charge in [-0.3, -0.25) is 9.52 Å². The van der Waals surface area contributed by atoms with Crippen LogP contribution in [0.1, 0.15) is 18.1 Å². The van der Waals surface area contributed by atoms with Crippen molar-refractivity contribution in [1.29, 1.82) is 0 Å². The van der Waals surface area contributed by atoms with E-state index < -0.39 is 10.0 Å². The maximum Gasteiger partial charge on any atom is 0.271 e. The monoisotopic (exact) mass is 375 g/mol. The van der Waals surface area contributed by atoms with Crippen LogP contribution >= 0.6 is 11.3 Å². The first kappa shape index (κ1) is 17.4. The van der Waals surface area contributed by atoms with Crippen molar-refractivity contribution in [2.45, 2.75) is 24.5 Å². The second-order valence-corrected chi connectivity index (χ2v) is 8.49. The van der Waals surface area contributed by atoms with E-state index in [9.17, 15) is 13.2 Å². The summed E-state index contributed by atoms with van der Waals surface area (Å²) in [5.74, 6) is 0. The highest BCUT2D eigenvalue weighted by molar-refractivity contribution is 7.94. The molecule has 8 heteroatoms. The minimum Gasteiger partial charge on any atom is -0.278 e. The highest BCUT2D eigenvalue weighted by Gasteiger charge is 2.20. The number of aryl methyl sites for hydroxylation is 2. The number of benzene rings is 1. The fraction of sp³-hybridized carbons (Fsp3) is 0.176. The molecule has 0 saturated heterocycles. The molecule has 0 saturated carbocycles. The molecule has 2 N–H and O–H groups in total. The van der Waals surface area contributed by atoms with Crippen LogP contribution in [-0.4, -0.2) is 18.6 Å². The van der Waals surface area contributed by atoms with E-state index in [1.165, 1.54) is 6.07 Å². The first-order valence-corrected chi connectivity index (χ1v) is 9.98. The fourth-order valence-electron chi connectivity index (χ4n) is 2.44. The standard InChI is InChI=1S/C17H17N3O3S2/c1-3-12-6-4-5-11(2)17(12)20-25(22,23)16-10-8-14(24-16)13-7-9-15(21)19-18-13/h4-10,20H,3H2,1-2H3,(H,19,21). The third kappa shape index (κ3) is 3.64. The third-order valence-corrected chi connectivity index (χ3v) is 6.70. The van der Waals surface area contributed by atoms with Gasteiger partial charge in [0.25, 0.3) is 15.6 Å². The van der Waals surface area contributed by atoms with E-state index >= 15 is 0 Å². The van der Waals surface area contributed by atoms with E-state index in [4.69, 9.17) is 0 Å². The zero-order valence-corrected chi connectivity index (χ0v) is 15.4. The lowest BCUT2D eigenvalue weighted by molar-refractivity contribution is 0.603. The van der Waals surface area contributed by atoms with Gasteiger partial charge in [-0.15, -0.1) is 11.3 Å². The third-order valence-electron chi connectivity index (χ3n) is 3.75. The Morgan fingerprint density at radius 2 is 1.96 bits per heavy atom. The van der Waals surface area contributed by atoms with Gasteiger partial charge in [0.05, 0.1) is 10.6 Å². The second kappa shape index (κ2) is 6.81. The molecule has 25 heavy (non-hydrogen) atoms. The van der Waals surface area contributed by atoms with Gasteiger partial charge >= 0.3 is 0 Å². The van der Waals surface area contributed by atoms with Gasteiger partial charge in [0.2, 0.25) is 0 Å². The molecule has 3 rings (SSSR count). The van der Waals surface area contributed by atoms with E-state index in [1.54, 1.807) is 18.2 Å². The molecule has 0 spiro atoms. The lowest BCUT2D eigenvalue weighted by atomic mass is 10.1. The Balaban J connectivity index is 1.94. The topological polar surface area (TPSA) is 91.9 Å². The molecule has 0 amide bonds. The summed E-state index contributed by atoms with van der Waals surface area (Å²) in [6.07, 6.45) is 0.733. The summed E-state index contributed by atoms with van der Waals surface area (Å²) in [6, 6.07) is 11.8. The van der Waals surface area contributed by atoms with Gasteiger partial charge in [0.1, 0.15) is 9.90 Å². The smallest absolute Gasteiger partial charge is 0.271 e. The molecular formula is C17H17N3O3S2. The number of hydrogen-bond donors (Lipinski definition) is 2. The minimum atomic E-state index is -3.69. The Kier molecular flexibility index (Phi) is 4.73. The molecule has 2 heterocycles. The van der Waals surface area contributed by atoms with Crippen LogP contribution in [0.4, 0.5) is 5.69 Å². The van der Waals surface area contributed by atoms with Crippen LogP contribution in [0.2, 0.25) is 0 Å². The molecule has 1 aromatic carbocycles. The van der Waals surface area contributed by atoms with Crippen molar-refractivity contribution in [2.24, 2.45) is 0 Å². The molecule has 130 valence electrons. The number of aromatic nitrogens is 2. The number of H-pyrrole nitrogens is 1. The predicted molar refractivity (Wildman–Crippen MR) is 99.5 cm³/mol. The lowest BCUT2D eigenvalue weighted by Gasteiger charge is -2.13. The molecule has 0 aliphatic rings. The predicted octanol–water partition coefficient (Wildman–Crippen LogP) is 3.17. The summed E-state index contributed by atoms with van der Waals surface area (Å²) in [7, 11) is -3.69. The first-order chi connectivity index (χ1) is 11.9. The summed E-state index contributed by atoms with van der Waals surface area (Å²) < 4.78 is 28.4. The van der Waals surface area contributed by atoms with E-state index in [0.717, 1.165) is 28.9 Å². The van der Waals surface area contributed by atoms with Gasteiger partial charge in [-0.1, -0.05) is 25.1 Å². The lowest BCUT2D eigenvalue weighted by Crippen LogP contribution is -2.13. The molecule has 6 nitrogen and oxygen atoms in total. The largest absolute Gasteiger partial charge is 0.278 e. The maximum absolute atomic E-state index is 12.7. The Hall–Kier alpha value is -2.45. The molecule has 0 aliphatic carbocycles. The van der Waals surface area contributed by atoms with Crippen LogP contribution in [0.5, 0.6) is 0 Å². The van der Waals surface area contributed by atoms with Crippen molar-refractivity contribution in [3.8, 4) is 10.6 Å². The summed E-state index contributed by atoms with van der Waals surface area (Å²) in [4.78, 5) is 11.8. The van der Waals surface area contributed by atoms with Crippen LogP contribution in [0.15, 0.2) is 51.5 Å². The van der Waals surface area contributed by atoms with E-state index in [2.05, 4.69) is 14.9 Å². The van der Waals surface area contributed by atoms with E-state index in [0.29, 0.717) is 16.3 Å². The average Bonchev–Trinajstić information content (AvgIpc) is 3.08. The summed E-state index contributed by atoms with van der Waals surface area (Å²) >= 11 is 1.10. The first-order valence-electron chi connectivity index (χ1n) is 7.68. The van der Waals surface area contributed by atoms with Crippen molar-refractivity contribution >= 4 is 27.0 Å². The number of sulfonamides is 1. The van der Waals surface area contributed by atoms with Crippen LogP contribution in [0.25, 0.3) is 10.6 Å². The van der Waals surface area contributed by atoms with Crippen molar-refractivity contribution in [3.05, 3.63) is 63.9 Å². The number of nitrogens with zero attached hydrogens (tertiary/aromatic N) is 1. The van der Waals surface area contributed by atoms with Crippen molar-refractivity contribution in [3.63, 3.8) is 0 Å². The zero-order chi connectivity index (χ0) is 18.0. The zero-order valence-electron chi connectivity index (χ0n) is 13.7. The molecule has 0 aliphatic heterocycles. The number of aromatic amines is 1. The molecule has 0 atom stereocenters. The Morgan fingerprint density at radius 1 is 1.16 bits per heavy atom. The van der Waals surface area contributed by atoms with Gasteiger partial charge in [-0.05, 0) is 42.7 Å². The molecule has 2 aromatic heterocycles. The second-order valence-electron chi connectivity index (χ2n) is 5.49. The number of para-hydroxylation sites is 1. The van der Waals surface area contributed by atoms with Crippen LogP contribution < -0.4 is 10.3 Å². The van der Waals surface area contributed by atoms with Crippen LogP contribution in [0.3, 0.4) is 0 Å². The quantitative estimate of drug-likeness (QED) is 0.716. The summed E-state index contributed by atoms with van der Waals surface area (Å²) in [5.41, 5.74) is 2.67. The minimum absolute atomic E-state index is 0.195. The SMILES string of the molecule is CCc1cccc(C)c1NS(=O)(=O)c1ccc(-c2ccc(=O)[nH]n2)s1. The number of anilines is 1. The molecule has 0 radical (unpaired) electrons. The van der Waals surface area contributed by atoms with Gasteiger partial charge in [-0.2, -0.15) is 5.10 Å². The van der Waals surface area contributed by atoms with Gasteiger partial charge < -0.3 is 0 Å². The van der Waals surface area contributed by atoms with Crippen molar-refractivity contribution < 1.29 is 8.42 Å². The van der Waals surface area contributed by atoms with Crippen LogP contribution in [0, 0.1) is 6.92 Å². The Morgan fingerprint density at radius 3 is 2.64 bits per heavy atom. The molecule has 0 unspecified atom stereocenters. The summed E-state index contributed by atoms with van der Waals surface area (Å²) in [6.45, 7) is 3.86. The Labute approximate surface area is 149 Å². The van der Waals surface area contributed by atoms with E-state index in [-0.39, 0.29) is 9.77 Å². The molecule has 0 bridgehead atoms. The molecule has 0 fully saturated rings. The number of nitrogens with one attached hydrogen (secondary N) is 2. The van der Waals surface area contributed by atoms with E-state index in [1.807, 2.05) is 32.0 Å². The van der Waals surface area contributed by atoms with Crippen molar-refractivity contribution in [2.75, 3.05) is 4.72 Å². The number of hydrogen-bond acceptors (Lipinski definition) is 5. The van der Waals surface area contributed by atoms with Gasteiger partial charge in [0.15, 0.2) is 0 Å². The maximum atomic E-state index is 12.7. The normalized spacial score (nSPS) is 11.4. The number of rotatable bonds is 5. The summed E-state index contributed by atoms with van der Waals surface area (Å²) in [5, 5.41) is 6.27. The Bertz CT molecular complexity index is 1050.